The molecule has 1 aliphatic heterocycles. The third kappa shape index (κ3) is 3.99. The fourth-order valence-corrected chi connectivity index (χ4v) is 3.80. The number of rotatable bonds is 5. The molecule has 1 saturated heterocycles. The molecule has 1 aromatic heterocycles. The number of nitrogens with zero attached hydrogens (tertiary/aromatic N) is 3. The number of esters is 1. The van der Waals surface area contributed by atoms with E-state index in [1.165, 1.54) is 4.90 Å². The first kappa shape index (κ1) is 17.8. The smallest absolute Gasteiger partial charge is 0.314 e. The number of piperidine rings is 1. The van der Waals surface area contributed by atoms with Crippen LogP contribution in [0.5, 0.6) is 0 Å². The van der Waals surface area contributed by atoms with Gasteiger partial charge in [0.25, 0.3) is 0 Å². The molecule has 6 nitrogen and oxygen atoms in total. The molecule has 0 saturated carbocycles. The Kier molecular flexibility index (Phi) is 5.65. The van der Waals surface area contributed by atoms with Gasteiger partial charge in [-0.25, -0.2) is 0 Å². The van der Waals surface area contributed by atoms with E-state index < -0.39 is 0 Å². The van der Waals surface area contributed by atoms with E-state index in [9.17, 15) is 4.79 Å². The molecule has 0 amide bonds. The lowest BCUT2D eigenvalue weighted by molar-refractivity contribution is -0.930. The van der Waals surface area contributed by atoms with E-state index >= 15 is 0 Å². The Balaban J connectivity index is 1.75. The van der Waals surface area contributed by atoms with Crippen molar-refractivity contribution in [1.82, 2.24) is 14.3 Å². The van der Waals surface area contributed by atoms with Crippen LogP contribution >= 0.6 is 12.2 Å². The lowest BCUT2D eigenvalue weighted by Gasteiger charge is -2.28. The Morgan fingerprint density at radius 1 is 1.40 bits per heavy atom. The number of likely N-dealkylation sites (tertiary alicyclic amines) is 1. The highest BCUT2D eigenvalue weighted by Crippen LogP contribution is 2.12. The summed E-state index contributed by atoms with van der Waals surface area (Å²) in [5, 5.41) is 4.63. The standard InChI is InChI=1S/C18H24N4O2S/c1-3-24-17(23)15-8-7-11-20(12-15)13-21-18(25)22(14(2)19-21)16-9-5-4-6-10-16/h4-6,9-10,15H,3,7-8,11-13H2,1-2H3/p+1/t15-/m1/s1. The van der Waals surface area contributed by atoms with Gasteiger partial charge in [-0.3, -0.25) is 9.36 Å². The fourth-order valence-electron chi connectivity index (χ4n) is 3.46. The van der Waals surface area contributed by atoms with Crippen LogP contribution in [0.2, 0.25) is 0 Å². The number of carbonyl (C=O) groups excluding carboxylic acids is 1. The highest BCUT2D eigenvalue weighted by molar-refractivity contribution is 7.71. The molecule has 2 atom stereocenters. The number of ether oxygens (including phenoxy) is 1. The van der Waals surface area contributed by atoms with Crippen molar-refractivity contribution < 1.29 is 14.4 Å². The van der Waals surface area contributed by atoms with Gasteiger partial charge in [-0.2, -0.15) is 9.78 Å². The van der Waals surface area contributed by atoms with E-state index in [0.29, 0.717) is 18.0 Å². The van der Waals surface area contributed by atoms with Gasteiger partial charge in [-0.15, -0.1) is 0 Å². The van der Waals surface area contributed by atoms with Gasteiger partial charge in [-0.05, 0) is 51.0 Å². The monoisotopic (exact) mass is 361 g/mol. The van der Waals surface area contributed by atoms with Gasteiger partial charge in [0.1, 0.15) is 11.7 Å². The number of aryl methyl sites for hydroxylation is 1. The molecule has 3 rings (SSSR count). The van der Waals surface area contributed by atoms with Crippen LogP contribution < -0.4 is 4.90 Å². The van der Waals surface area contributed by atoms with Gasteiger partial charge in [0.05, 0.1) is 19.7 Å². The van der Waals surface area contributed by atoms with Gasteiger partial charge >= 0.3 is 5.97 Å². The van der Waals surface area contributed by atoms with Gasteiger partial charge in [0.15, 0.2) is 6.67 Å². The SMILES string of the molecule is CCOC(=O)[C@@H]1CCC[NH+](Cn2nc(C)n(-c3ccccc3)c2=S)C1. The summed E-state index contributed by atoms with van der Waals surface area (Å²) in [6.07, 6.45) is 1.93. The summed E-state index contributed by atoms with van der Waals surface area (Å²) < 4.78 is 9.74. The molecule has 0 spiro atoms. The van der Waals surface area contributed by atoms with Gasteiger partial charge in [-0.1, -0.05) is 18.2 Å². The maximum Gasteiger partial charge on any atom is 0.314 e. The number of para-hydroxylation sites is 1. The van der Waals surface area contributed by atoms with Crippen molar-refractivity contribution in [3.05, 3.63) is 40.9 Å². The Hall–Kier alpha value is -1.99. The summed E-state index contributed by atoms with van der Waals surface area (Å²) in [7, 11) is 0. The van der Waals surface area contributed by atoms with Gasteiger partial charge in [0.2, 0.25) is 4.77 Å². The maximum atomic E-state index is 12.0. The predicted molar refractivity (Wildman–Crippen MR) is 97.2 cm³/mol. The normalized spacial score (nSPS) is 20.4. The van der Waals surface area contributed by atoms with E-state index in [4.69, 9.17) is 17.0 Å². The minimum absolute atomic E-state index is 0.0184. The average Bonchev–Trinajstić information content (AvgIpc) is 2.89. The van der Waals surface area contributed by atoms with Gasteiger partial charge < -0.3 is 9.64 Å². The molecule has 0 aliphatic carbocycles. The molecular weight excluding hydrogens is 336 g/mol. The quantitative estimate of drug-likeness (QED) is 0.648. The van der Waals surface area contributed by atoms with Crippen LogP contribution in [-0.4, -0.2) is 40.0 Å². The fraction of sp³-hybridized carbons (Fsp3) is 0.500. The maximum absolute atomic E-state index is 12.0. The van der Waals surface area contributed by atoms with E-state index in [1.807, 2.05) is 53.4 Å². The number of quaternary nitrogens is 1. The number of carbonyl (C=O) groups is 1. The van der Waals surface area contributed by atoms with Crippen LogP contribution in [0.1, 0.15) is 25.6 Å². The van der Waals surface area contributed by atoms with Crippen molar-refractivity contribution in [2.75, 3.05) is 19.7 Å². The van der Waals surface area contributed by atoms with E-state index in [-0.39, 0.29) is 11.9 Å². The summed E-state index contributed by atoms with van der Waals surface area (Å²) >= 11 is 5.64. The topological polar surface area (TPSA) is 53.5 Å². The van der Waals surface area contributed by atoms with Crippen LogP contribution in [0.3, 0.4) is 0 Å². The predicted octanol–water partition coefficient (Wildman–Crippen LogP) is 1.53. The molecule has 1 N–H and O–H groups in total. The number of nitrogens with one attached hydrogen (secondary N) is 1. The third-order valence-electron chi connectivity index (χ3n) is 4.63. The largest absolute Gasteiger partial charge is 0.466 e. The Morgan fingerprint density at radius 2 is 2.16 bits per heavy atom. The summed E-state index contributed by atoms with van der Waals surface area (Å²) in [5.74, 6) is 0.777. The van der Waals surface area contributed by atoms with Crippen molar-refractivity contribution in [2.45, 2.75) is 33.4 Å². The molecule has 7 heteroatoms. The van der Waals surface area contributed by atoms with E-state index in [1.54, 1.807) is 0 Å². The summed E-state index contributed by atoms with van der Waals surface area (Å²) in [6.45, 7) is 6.73. The molecule has 2 aromatic rings. The first-order valence-corrected chi connectivity index (χ1v) is 9.23. The van der Waals surface area contributed by atoms with E-state index in [0.717, 1.165) is 37.4 Å². The number of hydrogen-bond acceptors (Lipinski definition) is 4. The molecule has 134 valence electrons. The van der Waals surface area contributed by atoms with Crippen LogP contribution in [-0.2, 0) is 16.2 Å². The summed E-state index contributed by atoms with van der Waals surface area (Å²) in [4.78, 5) is 13.3. The molecule has 1 fully saturated rings. The lowest BCUT2D eigenvalue weighted by atomic mass is 9.99. The third-order valence-corrected chi connectivity index (χ3v) is 5.02. The van der Waals surface area contributed by atoms with Crippen molar-refractivity contribution in [3.63, 3.8) is 0 Å². The first-order chi connectivity index (χ1) is 12.1. The highest BCUT2D eigenvalue weighted by atomic mass is 32.1. The van der Waals surface area contributed by atoms with E-state index in [2.05, 4.69) is 5.10 Å². The van der Waals surface area contributed by atoms with Crippen LogP contribution in [0.15, 0.2) is 30.3 Å². The number of benzene rings is 1. The van der Waals surface area contributed by atoms with Crippen LogP contribution in [0.4, 0.5) is 0 Å². The zero-order valence-corrected chi connectivity index (χ0v) is 15.6. The average molecular weight is 361 g/mol. The molecular formula is C18H25N4O2S+. The van der Waals surface area contributed by atoms with Crippen molar-refractivity contribution >= 4 is 18.2 Å². The van der Waals surface area contributed by atoms with Crippen molar-refractivity contribution in [2.24, 2.45) is 5.92 Å². The molecule has 1 aromatic carbocycles. The van der Waals surface area contributed by atoms with Crippen molar-refractivity contribution in [3.8, 4) is 5.69 Å². The highest BCUT2D eigenvalue weighted by Gasteiger charge is 2.30. The zero-order chi connectivity index (χ0) is 17.8. The van der Waals surface area contributed by atoms with Crippen LogP contribution in [0, 0.1) is 17.6 Å². The summed E-state index contributed by atoms with van der Waals surface area (Å²) in [5.41, 5.74) is 1.02. The second kappa shape index (κ2) is 7.93. The molecule has 1 aliphatic rings. The molecule has 1 unspecified atom stereocenters. The zero-order valence-electron chi connectivity index (χ0n) is 14.8. The second-order valence-corrected chi connectivity index (χ2v) is 6.82. The number of aromatic nitrogens is 3. The summed E-state index contributed by atoms with van der Waals surface area (Å²) in [6, 6.07) is 10.0. The molecule has 2 heterocycles. The minimum Gasteiger partial charge on any atom is -0.466 e. The number of hydrogen-bond donors (Lipinski definition) is 1. The first-order valence-electron chi connectivity index (χ1n) is 8.82. The van der Waals surface area contributed by atoms with Crippen molar-refractivity contribution in [1.29, 1.82) is 0 Å². The molecule has 0 radical (unpaired) electrons. The Bertz CT molecular complexity index is 784. The molecule has 25 heavy (non-hydrogen) atoms. The second-order valence-electron chi connectivity index (χ2n) is 6.45. The lowest BCUT2D eigenvalue weighted by Crippen LogP contribution is -3.13. The van der Waals surface area contributed by atoms with Crippen LogP contribution in [0.25, 0.3) is 5.69 Å². The molecule has 0 bridgehead atoms. The Morgan fingerprint density at radius 3 is 2.88 bits per heavy atom. The van der Waals surface area contributed by atoms with Gasteiger partial charge in [0, 0.05) is 5.69 Å². The minimum atomic E-state index is -0.0747. The Labute approximate surface area is 153 Å².